The van der Waals surface area contributed by atoms with E-state index in [4.69, 9.17) is 4.74 Å². The zero-order chi connectivity index (χ0) is 30.8. The van der Waals surface area contributed by atoms with E-state index in [1.165, 1.54) is 37.4 Å². The highest BCUT2D eigenvalue weighted by Crippen LogP contribution is 2.58. The van der Waals surface area contributed by atoms with E-state index in [0.717, 1.165) is 36.5 Å². The van der Waals surface area contributed by atoms with E-state index in [1.807, 2.05) is 0 Å². The summed E-state index contributed by atoms with van der Waals surface area (Å²) in [5, 5.41) is 10.8. The number of aromatic nitrogens is 2. The predicted octanol–water partition coefficient (Wildman–Crippen LogP) is 1.01. The highest BCUT2D eigenvalue weighted by molar-refractivity contribution is 7.15. The number of ketones is 1. The summed E-state index contributed by atoms with van der Waals surface area (Å²) in [5.41, 5.74) is -0.289. The van der Waals surface area contributed by atoms with E-state index in [9.17, 15) is 28.8 Å². The van der Waals surface area contributed by atoms with Crippen LogP contribution in [0.15, 0.2) is 23.1 Å². The Morgan fingerprint density at radius 3 is 2.60 bits per heavy atom. The molecule has 4 N–H and O–H groups in total. The van der Waals surface area contributed by atoms with Crippen LogP contribution < -0.4 is 31.6 Å². The average Bonchev–Trinajstić information content (AvgIpc) is 3.59. The van der Waals surface area contributed by atoms with Gasteiger partial charge in [0, 0.05) is 25.7 Å². The van der Waals surface area contributed by atoms with Gasteiger partial charge in [-0.05, 0) is 74.8 Å². The number of thiazole rings is 1. The lowest BCUT2D eigenvalue weighted by Gasteiger charge is -2.32. The number of anilines is 1. The summed E-state index contributed by atoms with van der Waals surface area (Å²) in [6, 6.07) is 1.83. The van der Waals surface area contributed by atoms with Crippen molar-refractivity contribution in [1.82, 2.24) is 25.5 Å². The fourth-order valence-electron chi connectivity index (χ4n) is 7.01. The quantitative estimate of drug-likeness (QED) is 0.257. The third-order valence-electron chi connectivity index (χ3n) is 8.90. The first-order chi connectivity index (χ1) is 20.6. The third-order valence-corrected chi connectivity index (χ3v) is 10.0. The van der Waals surface area contributed by atoms with Crippen molar-refractivity contribution in [1.29, 1.82) is 0 Å². The maximum absolute atomic E-state index is 13.3. The molecule has 2 aromatic rings. The molecule has 4 bridgehead atoms. The number of carbonyl (C=O) groups is 5. The van der Waals surface area contributed by atoms with Crippen molar-refractivity contribution in [2.45, 2.75) is 64.1 Å². The zero-order valence-corrected chi connectivity index (χ0v) is 25.1. The number of Topliss-reactive ketones (excluding diaryl/α,β-unsaturated/α-hetero) is 1. The van der Waals surface area contributed by atoms with Gasteiger partial charge in [0.25, 0.3) is 22.6 Å². The summed E-state index contributed by atoms with van der Waals surface area (Å²) in [6.07, 6.45) is 5.69. The molecule has 2 heterocycles. The number of likely N-dealkylation sites (N-methyl/N-ethyl adjacent to an activating group) is 1. The number of rotatable bonds is 12. The van der Waals surface area contributed by atoms with Gasteiger partial charge in [-0.15, -0.1) is 0 Å². The minimum atomic E-state index is -1.27. The second-order valence-corrected chi connectivity index (χ2v) is 12.6. The first kappa shape index (κ1) is 30.4. The number of methoxy groups -OCH3 is 1. The lowest BCUT2D eigenvalue weighted by Crippen LogP contribution is -2.46. The van der Waals surface area contributed by atoms with Crippen molar-refractivity contribution in [3.8, 4) is 5.19 Å². The van der Waals surface area contributed by atoms with Gasteiger partial charge in [-0.2, -0.15) is 0 Å². The highest BCUT2D eigenvalue weighted by Gasteiger charge is 2.54. The Morgan fingerprint density at radius 2 is 1.91 bits per heavy atom. The Kier molecular flexibility index (Phi) is 8.95. The Balaban J connectivity index is 1.26. The molecule has 4 fully saturated rings. The zero-order valence-electron chi connectivity index (χ0n) is 24.3. The Labute approximate surface area is 252 Å². The number of ether oxygens (including phenoxy) is 1. The van der Waals surface area contributed by atoms with Crippen LogP contribution in [0, 0.1) is 30.6 Å². The lowest BCUT2D eigenvalue weighted by atomic mass is 9.79. The van der Waals surface area contributed by atoms with Crippen molar-refractivity contribution in [3.63, 3.8) is 0 Å². The van der Waals surface area contributed by atoms with Crippen molar-refractivity contribution in [2.24, 2.45) is 23.7 Å². The van der Waals surface area contributed by atoms with Crippen molar-refractivity contribution < 1.29 is 28.7 Å². The minimum absolute atomic E-state index is 0.0913. The molecule has 4 saturated carbocycles. The van der Waals surface area contributed by atoms with E-state index in [0.29, 0.717) is 23.4 Å². The van der Waals surface area contributed by atoms with Crippen LogP contribution in [0.4, 0.5) is 5.69 Å². The first-order valence-electron chi connectivity index (χ1n) is 14.4. The normalized spacial score (nSPS) is 23.8. The van der Waals surface area contributed by atoms with Gasteiger partial charge in [0.2, 0.25) is 17.6 Å². The summed E-state index contributed by atoms with van der Waals surface area (Å²) in [6.45, 7) is 1.42. The molecule has 6 rings (SSSR count). The fourth-order valence-corrected chi connectivity index (χ4v) is 7.80. The number of hydrogen-bond donors (Lipinski definition) is 4. The second-order valence-electron chi connectivity index (χ2n) is 11.6. The Morgan fingerprint density at radius 1 is 1.14 bits per heavy atom. The van der Waals surface area contributed by atoms with Crippen LogP contribution in [0.5, 0.6) is 5.19 Å². The lowest BCUT2D eigenvalue weighted by molar-refractivity contribution is -0.137. The number of pyridine rings is 1. The standard InChI is InChI=1S/C29H36N6O7S/c1-14-24(43-29(31-14)42-3)27(40)32-19(6-7-21(36)26(39)30-2)25(38)33-20-5-4-8-35(28(20)41)13-22(37)34-23-17-10-15-9-16(12-17)18(23)11-15/h4-5,8,15-19,23H,6-7,9-13H2,1-3H3,(H,30,39)(H,32,40)(H,33,38)(H,34,37)/t15?,16?,17?,18?,19-,23?/m0/s1. The van der Waals surface area contributed by atoms with Crippen molar-refractivity contribution in [2.75, 3.05) is 19.5 Å². The molecule has 4 amide bonds. The number of nitrogens with zero attached hydrogens (tertiary/aromatic N) is 2. The van der Waals surface area contributed by atoms with Crippen molar-refractivity contribution in [3.05, 3.63) is 39.3 Å². The molecule has 6 atom stereocenters. The van der Waals surface area contributed by atoms with Gasteiger partial charge >= 0.3 is 0 Å². The molecule has 0 aromatic carbocycles. The van der Waals surface area contributed by atoms with Gasteiger partial charge in [0.05, 0.1) is 12.8 Å². The molecule has 4 aliphatic carbocycles. The first-order valence-corrected chi connectivity index (χ1v) is 15.3. The van der Waals surface area contributed by atoms with Gasteiger partial charge in [-0.3, -0.25) is 28.8 Å². The summed E-state index contributed by atoms with van der Waals surface area (Å²) >= 11 is 0.988. The van der Waals surface area contributed by atoms with Crippen LogP contribution in [-0.4, -0.2) is 65.2 Å². The average molecular weight is 613 g/mol. The van der Waals surface area contributed by atoms with Crippen LogP contribution in [0.25, 0.3) is 0 Å². The monoisotopic (exact) mass is 612 g/mol. The molecule has 14 heteroatoms. The van der Waals surface area contributed by atoms with Gasteiger partial charge < -0.3 is 30.6 Å². The molecule has 0 saturated heterocycles. The van der Waals surface area contributed by atoms with Gasteiger partial charge in [-0.25, -0.2) is 4.98 Å². The SMILES string of the molecule is CNC(=O)C(=O)CC[C@H](NC(=O)c1sc(OC)nc1C)C(=O)Nc1cccn(CC(=O)NC2C3CC4CC(C3)C2C4)c1=O. The summed E-state index contributed by atoms with van der Waals surface area (Å²) in [4.78, 5) is 80.8. The maximum atomic E-state index is 13.3. The number of aryl methyl sites for hydroxylation is 1. The Hall–Kier alpha value is -4.07. The van der Waals surface area contributed by atoms with Crippen LogP contribution in [0.1, 0.15) is 53.9 Å². The van der Waals surface area contributed by atoms with Gasteiger partial charge in [0.15, 0.2) is 0 Å². The number of hydrogen-bond acceptors (Lipinski definition) is 9. The van der Waals surface area contributed by atoms with Crippen LogP contribution in [0.2, 0.25) is 0 Å². The fraction of sp³-hybridized carbons (Fsp3) is 0.552. The molecular formula is C29H36N6O7S. The predicted molar refractivity (Wildman–Crippen MR) is 157 cm³/mol. The number of carbonyl (C=O) groups excluding carboxylic acids is 5. The maximum Gasteiger partial charge on any atom is 0.287 e. The van der Waals surface area contributed by atoms with Crippen LogP contribution in [0.3, 0.4) is 0 Å². The summed E-state index contributed by atoms with van der Waals surface area (Å²) in [5.74, 6) is -0.714. The highest BCUT2D eigenvalue weighted by atomic mass is 32.1. The molecule has 5 unspecified atom stereocenters. The van der Waals surface area contributed by atoms with E-state index in [1.54, 1.807) is 13.0 Å². The Bertz CT molecular complexity index is 1500. The third kappa shape index (κ3) is 6.48. The van der Waals surface area contributed by atoms with E-state index in [-0.39, 0.29) is 47.1 Å². The number of nitrogens with one attached hydrogen (secondary N) is 4. The summed E-state index contributed by atoms with van der Waals surface area (Å²) < 4.78 is 6.31. The molecule has 0 spiro atoms. The minimum Gasteiger partial charge on any atom is -0.473 e. The van der Waals surface area contributed by atoms with Crippen LogP contribution >= 0.6 is 11.3 Å². The smallest absolute Gasteiger partial charge is 0.287 e. The summed E-state index contributed by atoms with van der Waals surface area (Å²) in [7, 11) is 2.73. The molecule has 0 radical (unpaired) electrons. The van der Waals surface area contributed by atoms with Crippen LogP contribution in [-0.2, 0) is 25.7 Å². The van der Waals surface area contributed by atoms with E-state index in [2.05, 4.69) is 26.3 Å². The molecule has 0 aliphatic heterocycles. The number of amides is 4. The molecular weight excluding hydrogens is 576 g/mol. The van der Waals surface area contributed by atoms with E-state index < -0.39 is 35.1 Å². The van der Waals surface area contributed by atoms with Crippen molar-refractivity contribution >= 4 is 46.4 Å². The largest absolute Gasteiger partial charge is 0.473 e. The van der Waals surface area contributed by atoms with Gasteiger partial charge in [0.1, 0.15) is 23.2 Å². The molecule has 2 aromatic heterocycles. The topological polar surface area (TPSA) is 178 Å². The molecule has 13 nitrogen and oxygen atoms in total. The van der Waals surface area contributed by atoms with E-state index >= 15 is 0 Å². The van der Waals surface area contributed by atoms with Gasteiger partial charge in [-0.1, -0.05) is 11.3 Å². The molecule has 230 valence electrons. The molecule has 43 heavy (non-hydrogen) atoms. The molecule has 4 aliphatic rings. The second kappa shape index (κ2) is 12.7.